The number of methoxy groups -OCH3 is 1. The van der Waals surface area contributed by atoms with Gasteiger partial charge in [-0.25, -0.2) is 5.43 Å². The first kappa shape index (κ1) is 20.4. The number of hydrogen-bond donors (Lipinski definition) is 1. The van der Waals surface area contributed by atoms with Crippen LogP contribution in [0.4, 0.5) is 0 Å². The summed E-state index contributed by atoms with van der Waals surface area (Å²) in [6.45, 7) is 3.86. The first-order valence-corrected chi connectivity index (χ1v) is 9.38. The van der Waals surface area contributed by atoms with Crippen molar-refractivity contribution in [1.29, 1.82) is 0 Å². The predicted molar refractivity (Wildman–Crippen MR) is 109 cm³/mol. The van der Waals surface area contributed by atoms with Gasteiger partial charge in [0.15, 0.2) is 18.1 Å². The van der Waals surface area contributed by atoms with Crippen molar-refractivity contribution in [3.8, 4) is 17.2 Å². The smallest absolute Gasteiger partial charge is 0.314 e. The minimum atomic E-state index is -0.374. The molecule has 0 atom stereocenters. The number of hydrogen-bond acceptors (Lipinski definition) is 6. The van der Waals surface area contributed by atoms with Gasteiger partial charge in [0.1, 0.15) is 5.75 Å². The molecular weight excluding hydrogens is 372 g/mol. The Balaban J connectivity index is 1.51. The van der Waals surface area contributed by atoms with Crippen molar-refractivity contribution in [2.24, 2.45) is 11.0 Å². The van der Waals surface area contributed by atoms with Gasteiger partial charge in [0.25, 0.3) is 5.91 Å². The van der Waals surface area contributed by atoms with Crippen molar-refractivity contribution in [3.05, 3.63) is 53.1 Å². The van der Waals surface area contributed by atoms with Gasteiger partial charge in [0, 0.05) is 0 Å². The molecule has 2 aromatic rings. The lowest BCUT2D eigenvalue weighted by molar-refractivity contribution is -0.135. The molecule has 152 valence electrons. The SMILES string of the molecule is COc1cc(/C=N\NC(=O)COc2ccc(C)c(C)c2)ccc1OC(=O)C1CC1. The zero-order valence-electron chi connectivity index (χ0n) is 16.7. The zero-order valence-corrected chi connectivity index (χ0v) is 16.7. The molecule has 1 fully saturated rings. The van der Waals surface area contributed by atoms with Crippen LogP contribution in [0.1, 0.15) is 29.5 Å². The summed E-state index contributed by atoms with van der Waals surface area (Å²) in [4.78, 5) is 23.7. The normalized spacial score (nSPS) is 13.2. The largest absolute Gasteiger partial charge is 0.493 e. The molecule has 0 radical (unpaired) electrons. The summed E-state index contributed by atoms with van der Waals surface area (Å²) in [6.07, 6.45) is 3.22. The van der Waals surface area contributed by atoms with E-state index in [9.17, 15) is 9.59 Å². The molecule has 1 aliphatic rings. The van der Waals surface area contributed by atoms with Crippen molar-refractivity contribution in [1.82, 2.24) is 5.43 Å². The van der Waals surface area contributed by atoms with Crippen LogP contribution in [0.2, 0.25) is 0 Å². The maximum Gasteiger partial charge on any atom is 0.314 e. The van der Waals surface area contributed by atoms with Crippen LogP contribution in [0, 0.1) is 19.8 Å². The van der Waals surface area contributed by atoms with Gasteiger partial charge in [-0.05, 0) is 73.7 Å². The highest BCUT2D eigenvalue weighted by molar-refractivity contribution is 5.84. The van der Waals surface area contributed by atoms with E-state index in [2.05, 4.69) is 10.5 Å². The average molecular weight is 396 g/mol. The van der Waals surface area contributed by atoms with Crippen LogP contribution in [0.5, 0.6) is 17.2 Å². The number of benzene rings is 2. The second-order valence-corrected chi connectivity index (χ2v) is 6.93. The quantitative estimate of drug-likeness (QED) is 0.321. The number of rotatable bonds is 8. The van der Waals surface area contributed by atoms with Gasteiger partial charge in [0.2, 0.25) is 0 Å². The first-order chi connectivity index (χ1) is 14.0. The lowest BCUT2D eigenvalue weighted by Gasteiger charge is -2.09. The summed E-state index contributed by atoms with van der Waals surface area (Å²) >= 11 is 0. The van der Waals surface area contributed by atoms with E-state index < -0.39 is 0 Å². The van der Waals surface area contributed by atoms with Crippen LogP contribution in [0.15, 0.2) is 41.5 Å². The number of carbonyl (C=O) groups excluding carboxylic acids is 2. The van der Waals surface area contributed by atoms with E-state index in [0.717, 1.165) is 24.0 Å². The summed E-state index contributed by atoms with van der Waals surface area (Å²) in [6, 6.07) is 10.7. The maximum atomic E-state index is 11.9. The van der Waals surface area contributed by atoms with Gasteiger partial charge >= 0.3 is 5.97 Å². The highest BCUT2D eigenvalue weighted by Crippen LogP contribution is 2.34. The fourth-order valence-electron chi connectivity index (χ4n) is 2.52. The van der Waals surface area contributed by atoms with Gasteiger partial charge in [-0.15, -0.1) is 0 Å². The molecule has 1 N–H and O–H groups in total. The van der Waals surface area contributed by atoms with Crippen molar-refractivity contribution >= 4 is 18.1 Å². The Morgan fingerprint density at radius 3 is 2.59 bits per heavy atom. The van der Waals surface area contributed by atoms with Crippen LogP contribution in [0.25, 0.3) is 0 Å². The number of nitrogens with one attached hydrogen (secondary N) is 1. The standard InChI is InChI=1S/C22H24N2O5/c1-14-4-8-18(10-15(14)2)28-13-21(25)24-23-12-16-5-9-19(20(11-16)27-3)29-22(26)17-6-7-17/h4-5,8-12,17H,6-7,13H2,1-3H3,(H,24,25)/b23-12-. The van der Waals surface area contributed by atoms with Gasteiger partial charge in [-0.3, -0.25) is 9.59 Å². The van der Waals surface area contributed by atoms with E-state index in [1.807, 2.05) is 32.0 Å². The number of amides is 1. The third kappa shape index (κ3) is 5.81. The number of hydrazone groups is 1. The van der Waals surface area contributed by atoms with E-state index in [4.69, 9.17) is 14.2 Å². The maximum absolute atomic E-state index is 11.9. The zero-order chi connectivity index (χ0) is 20.8. The molecule has 7 heteroatoms. The Morgan fingerprint density at radius 2 is 1.90 bits per heavy atom. The van der Waals surface area contributed by atoms with Crippen molar-refractivity contribution in [3.63, 3.8) is 0 Å². The third-order valence-electron chi connectivity index (χ3n) is 4.56. The molecule has 0 bridgehead atoms. The second-order valence-electron chi connectivity index (χ2n) is 6.93. The third-order valence-corrected chi connectivity index (χ3v) is 4.56. The van der Waals surface area contributed by atoms with Crippen molar-refractivity contribution in [2.45, 2.75) is 26.7 Å². The fourth-order valence-corrected chi connectivity index (χ4v) is 2.52. The van der Waals surface area contributed by atoms with E-state index in [1.165, 1.54) is 13.3 Å². The van der Waals surface area contributed by atoms with Crippen LogP contribution in [-0.2, 0) is 9.59 Å². The molecule has 1 amide bonds. The van der Waals surface area contributed by atoms with Crippen LogP contribution in [0.3, 0.4) is 0 Å². The number of ether oxygens (including phenoxy) is 3. The van der Waals surface area contributed by atoms with Gasteiger partial charge in [-0.2, -0.15) is 5.10 Å². The highest BCUT2D eigenvalue weighted by Gasteiger charge is 2.32. The minimum Gasteiger partial charge on any atom is -0.493 e. The fraction of sp³-hybridized carbons (Fsp3) is 0.318. The number of esters is 1. The Morgan fingerprint density at radius 1 is 1.10 bits per heavy atom. The molecule has 0 unspecified atom stereocenters. The number of nitrogens with zero attached hydrogens (tertiary/aromatic N) is 1. The minimum absolute atomic E-state index is 0.00204. The summed E-state index contributed by atoms with van der Waals surface area (Å²) in [5.74, 6) is 0.817. The number of carbonyl (C=O) groups is 2. The lowest BCUT2D eigenvalue weighted by Crippen LogP contribution is -2.24. The molecule has 2 aromatic carbocycles. The highest BCUT2D eigenvalue weighted by atomic mass is 16.6. The second kappa shape index (κ2) is 9.23. The Bertz CT molecular complexity index is 935. The summed E-state index contributed by atoms with van der Waals surface area (Å²) in [5.41, 5.74) is 5.36. The van der Waals surface area contributed by atoms with Gasteiger partial charge in [0.05, 0.1) is 19.2 Å². The predicted octanol–water partition coefficient (Wildman–Crippen LogP) is 3.16. The Hall–Kier alpha value is -3.35. The van der Waals surface area contributed by atoms with E-state index in [0.29, 0.717) is 22.8 Å². The van der Waals surface area contributed by atoms with Crippen LogP contribution < -0.4 is 19.6 Å². The molecule has 29 heavy (non-hydrogen) atoms. The van der Waals surface area contributed by atoms with E-state index in [-0.39, 0.29) is 24.4 Å². The molecular formula is C22H24N2O5. The van der Waals surface area contributed by atoms with Crippen molar-refractivity contribution < 1.29 is 23.8 Å². The summed E-state index contributed by atoms with van der Waals surface area (Å²) < 4.78 is 16.1. The van der Waals surface area contributed by atoms with Crippen LogP contribution in [-0.4, -0.2) is 31.8 Å². The molecule has 1 saturated carbocycles. The molecule has 0 saturated heterocycles. The molecule has 3 rings (SSSR count). The molecule has 1 aliphatic carbocycles. The van der Waals surface area contributed by atoms with E-state index in [1.54, 1.807) is 18.2 Å². The molecule has 0 heterocycles. The monoisotopic (exact) mass is 396 g/mol. The Kier molecular flexibility index (Phi) is 6.49. The average Bonchev–Trinajstić information content (AvgIpc) is 3.55. The topological polar surface area (TPSA) is 86.2 Å². The van der Waals surface area contributed by atoms with Gasteiger partial charge < -0.3 is 14.2 Å². The lowest BCUT2D eigenvalue weighted by atomic mass is 10.1. The Labute approximate surface area is 169 Å². The first-order valence-electron chi connectivity index (χ1n) is 9.38. The number of aryl methyl sites for hydroxylation is 2. The van der Waals surface area contributed by atoms with Crippen LogP contribution >= 0.6 is 0 Å². The molecule has 0 aromatic heterocycles. The van der Waals surface area contributed by atoms with Crippen molar-refractivity contribution in [2.75, 3.05) is 13.7 Å². The molecule has 7 nitrogen and oxygen atoms in total. The summed E-state index contributed by atoms with van der Waals surface area (Å²) in [5, 5.41) is 3.92. The van der Waals surface area contributed by atoms with Gasteiger partial charge in [-0.1, -0.05) is 6.07 Å². The summed E-state index contributed by atoms with van der Waals surface area (Å²) in [7, 11) is 1.50. The molecule has 0 aliphatic heterocycles. The van der Waals surface area contributed by atoms with E-state index >= 15 is 0 Å². The molecule has 0 spiro atoms.